The van der Waals surface area contributed by atoms with Gasteiger partial charge in [0, 0.05) is 16.5 Å². The number of carbonyl (C=O) groups is 1. The van der Waals surface area contributed by atoms with Gasteiger partial charge in [-0.2, -0.15) is 0 Å². The van der Waals surface area contributed by atoms with E-state index in [0.717, 1.165) is 10.9 Å². The van der Waals surface area contributed by atoms with Crippen LogP contribution in [0.2, 0.25) is 5.15 Å². The van der Waals surface area contributed by atoms with E-state index in [9.17, 15) is 4.79 Å². The summed E-state index contributed by atoms with van der Waals surface area (Å²) in [5.74, 6) is 1.12. The van der Waals surface area contributed by atoms with Gasteiger partial charge in [0.25, 0.3) is 0 Å². The van der Waals surface area contributed by atoms with E-state index in [1.54, 1.807) is 24.3 Å². The van der Waals surface area contributed by atoms with Crippen LogP contribution in [0.1, 0.15) is 15.9 Å². The smallest absolute Gasteiger partial charge is 0.185 e. The first kappa shape index (κ1) is 15.7. The average Bonchev–Trinajstić information content (AvgIpc) is 2.65. The molecule has 0 saturated carbocycles. The van der Waals surface area contributed by atoms with Gasteiger partial charge in [0.05, 0.1) is 5.52 Å². The predicted octanol–water partition coefficient (Wildman–Crippen LogP) is 4.56. The van der Waals surface area contributed by atoms with Crippen LogP contribution in [-0.4, -0.2) is 24.0 Å². The van der Waals surface area contributed by atoms with E-state index in [0.29, 0.717) is 41.0 Å². The van der Waals surface area contributed by atoms with Crippen LogP contribution in [0.3, 0.4) is 0 Å². The van der Waals surface area contributed by atoms with Gasteiger partial charge in [-0.3, -0.25) is 4.79 Å². The second-order valence-electron chi connectivity index (χ2n) is 5.62. The molecule has 3 aromatic rings. The summed E-state index contributed by atoms with van der Waals surface area (Å²) in [6.45, 7) is 1.01. The van der Waals surface area contributed by atoms with E-state index in [2.05, 4.69) is 4.98 Å². The van der Waals surface area contributed by atoms with Crippen molar-refractivity contribution in [3.63, 3.8) is 0 Å². The zero-order valence-corrected chi connectivity index (χ0v) is 14.0. The minimum Gasteiger partial charge on any atom is -0.486 e. The number of pyridine rings is 1. The predicted molar refractivity (Wildman–Crippen MR) is 97.5 cm³/mol. The largest absolute Gasteiger partial charge is 0.486 e. The number of benzene rings is 2. The van der Waals surface area contributed by atoms with Gasteiger partial charge in [0.2, 0.25) is 0 Å². The SMILES string of the molecule is O=C(/C=C/c1cc2ccccc2nc1Cl)c1ccc2c(c1)OCCO2. The van der Waals surface area contributed by atoms with Crippen molar-refractivity contribution >= 4 is 34.4 Å². The molecule has 0 radical (unpaired) electrons. The van der Waals surface area contributed by atoms with E-state index in [4.69, 9.17) is 21.1 Å². The Morgan fingerprint density at radius 2 is 1.84 bits per heavy atom. The van der Waals surface area contributed by atoms with Crippen LogP contribution in [0, 0.1) is 0 Å². The molecule has 0 unspecified atom stereocenters. The lowest BCUT2D eigenvalue weighted by molar-refractivity contribution is 0.104. The van der Waals surface area contributed by atoms with Crippen LogP contribution < -0.4 is 9.47 Å². The number of ketones is 1. The van der Waals surface area contributed by atoms with E-state index in [1.807, 2.05) is 30.3 Å². The number of carbonyl (C=O) groups excluding carboxylic acids is 1. The molecule has 0 saturated heterocycles. The second kappa shape index (κ2) is 6.57. The van der Waals surface area contributed by atoms with Crippen molar-refractivity contribution in [2.24, 2.45) is 0 Å². The average molecular weight is 352 g/mol. The molecule has 0 amide bonds. The monoisotopic (exact) mass is 351 g/mol. The minimum atomic E-state index is -0.138. The lowest BCUT2D eigenvalue weighted by atomic mass is 10.1. The van der Waals surface area contributed by atoms with Crippen LogP contribution >= 0.6 is 11.6 Å². The topological polar surface area (TPSA) is 48.4 Å². The molecule has 25 heavy (non-hydrogen) atoms. The van der Waals surface area contributed by atoms with Crippen LogP contribution in [0.4, 0.5) is 0 Å². The maximum Gasteiger partial charge on any atom is 0.185 e. The maximum atomic E-state index is 12.4. The first-order valence-corrected chi connectivity index (χ1v) is 8.26. The fourth-order valence-corrected chi connectivity index (χ4v) is 2.89. The number of hydrogen-bond acceptors (Lipinski definition) is 4. The molecular formula is C20H14ClNO3. The highest BCUT2D eigenvalue weighted by atomic mass is 35.5. The number of halogens is 1. The molecule has 1 aromatic heterocycles. The van der Waals surface area contributed by atoms with Gasteiger partial charge in [-0.1, -0.05) is 29.8 Å². The van der Waals surface area contributed by atoms with Gasteiger partial charge >= 0.3 is 0 Å². The van der Waals surface area contributed by atoms with E-state index >= 15 is 0 Å². The van der Waals surface area contributed by atoms with Crippen molar-refractivity contribution < 1.29 is 14.3 Å². The third-order valence-electron chi connectivity index (χ3n) is 3.95. The van der Waals surface area contributed by atoms with Gasteiger partial charge in [-0.15, -0.1) is 0 Å². The van der Waals surface area contributed by atoms with Gasteiger partial charge in [0.15, 0.2) is 17.3 Å². The summed E-state index contributed by atoms with van der Waals surface area (Å²) in [7, 11) is 0. The van der Waals surface area contributed by atoms with Crippen molar-refractivity contribution in [3.8, 4) is 11.5 Å². The van der Waals surface area contributed by atoms with Gasteiger partial charge in [-0.25, -0.2) is 4.98 Å². The molecule has 0 fully saturated rings. The van der Waals surface area contributed by atoms with Crippen LogP contribution in [0.5, 0.6) is 11.5 Å². The summed E-state index contributed by atoms with van der Waals surface area (Å²) in [6, 6.07) is 14.8. The molecule has 1 aliphatic heterocycles. The quantitative estimate of drug-likeness (QED) is 0.394. The fraction of sp³-hybridized carbons (Fsp3) is 0.100. The maximum absolute atomic E-state index is 12.4. The number of fused-ring (bicyclic) bond motifs is 2. The normalized spacial score (nSPS) is 13.3. The highest BCUT2D eigenvalue weighted by Crippen LogP contribution is 2.31. The Bertz CT molecular complexity index is 997. The van der Waals surface area contributed by atoms with E-state index < -0.39 is 0 Å². The third-order valence-corrected chi connectivity index (χ3v) is 4.25. The zero-order chi connectivity index (χ0) is 17.2. The van der Waals surface area contributed by atoms with Gasteiger partial charge < -0.3 is 9.47 Å². The standard InChI is InChI=1S/C20H14ClNO3/c21-20-15(11-13-3-1-2-4-16(13)22-20)5-7-17(23)14-6-8-18-19(12-14)25-10-9-24-18/h1-8,11-12H,9-10H2/b7-5+. The van der Waals surface area contributed by atoms with E-state index in [-0.39, 0.29) is 5.78 Å². The van der Waals surface area contributed by atoms with Gasteiger partial charge in [0.1, 0.15) is 18.4 Å². The number of para-hydroxylation sites is 1. The fourth-order valence-electron chi connectivity index (χ4n) is 2.68. The molecule has 0 atom stereocenters. The summed E-state index contributed by atoms with van der Waals surface area (Å²) in [5, 5.41) is 1.34. The first-order chi connectivity index (χ1) is 12.2. The summed E-state index contributed by atoms with van der Waals surface area (Å²) < 4.78 is 11.0. The van der Waals surface area contributed by atoms with E-state index in [1.165, 1.54) is 6.08 Å². The van der Waals surface area contributed by atoms with Crippen LogP contribution in [-0.2, 0) is 0 Å². The highest BCUT2D eigenvalue weighted by molar-refractivity contribution is 6.31. The number of rotatable bonds is 3. The molecule has 2 heterocycles. The van der Waals surface area contributed by atoms with Crippen LogP contribution in [0.15, 0.2) is 54.6 Å². The number of hydrogen-bond donors (Lipinski definition) is 0. The molecule has 0 N–H and O–H groups in total. The summed E-state index contributed by atoms with van der Waals surface area (Å²) in [6.07, 6.45) is 3.17. The molecule has 0 spiro atoms. The first-order valence-electron chi connectivity index (χ1n) is 7.88. The molecule has 5 heteroatoms. The Kier molecular flexibility index (Phi) is 4.12. The summed E-state index contributed by atoms with van der Waals surface area (Å²) in [4.78, 5) is 16.8. The van der Waals surface area contributed by atoms with Crippen molar-refractivity contribution in [3.05, 3.63) is 70.9 Å². The lowest BCUT2D eigenvalue weighted by Gasteiger charge is -2.18. The Labute approximate surface area is 149 Å². The van der Waals surface area contributed by atoms with Gasteiger partial charge in [-0.05, 0) is 42.5 Å². The summed E-state index contributed by atoms with van der Waals surface area (Å²) >= 11 is 6.22. The molecular weight excluding hydrogens is 338 g/mol. The molecule has 2 aromatic carbocycles. The number of allylic oxidation sites excluding steroid dienone is 1. The van der Waals surface area contributed by atoms with Crippen molar-refractivity contribution in [1.29, 1.82) is 0 Å². The lowest BCUT2D eigenvalue weighted by Crippen LogP contribution is -2.15. The number of nitrogens with zero attached hydrogens (tertiary/aromatic N) is 1. The molecule has 1 aliphatic rings. The molecule has 4 rings (SSSR count). The Morgan fingerprint density at radius 1 is 1.04 bits per heavy atom. The number of ether oxygens (including phenoxy) is 2. The Morgan fingerprint density at radius 3 is 2.72 bits per heavy atom. The van der Waals surface area contributed by atoms with Crippen molar-refractivity contribution in [2.75, 3.05) is 13.2 Å². The van der Waals surface area contributed by atoms with Crippen molar-refractivity contribution in [1.82, 2.24) is 4.98 Å². The highest BCUT2D eigenvalue weighted by Gasteiger charge is 2.14. The molecule has 124 valence electrons. The minimum absolute atomic E-state index is 0.138. The third kappa shape index (κ3) is 3.21. The number of aromatic nitrogens is 1. The molecule has 0 aliphatic carbocycles. The Balaban J connectivity index is 1.61. The van der Waals surface area contributed by atoms with Crippen molar-refractivity contribution in [2.45, 2.75) is 0 Å². The molecule has 0 bridgehead atoms. The summed E-state index contributed by atoms with van der Waals surface area (Å²) in [5.41, 5.74) is 2.06. The zero-order valence-electron chi connectivity index (χ0n) is 13.2. The van der Waals surface area contributed by atoms with Crippen LogP contribution in [0.25, 0.3) is 17.0 Å². The molecule has 4 nitrogen and oxygen atoms in total. The Hall–Kier alpha value is -2.85. The second-order valence-corrected chi connectivity index (χ2v) is 5.98.